The van der Waals surface area contributed by atoms with Gasteiger partial charge in [-0.05, 0) is 76.4 Å². The highest BCUT2D eigenvalue weighted by Gasteiger charge is 2.68. The number of carbonyl (C=O) groups is 4. The van der Waals surface area contributed by atoms with Crippen LogP contribution in [0.2, 0.25) is 0 Å². The van der Waals surface area contributed by atoms with Crippen molar-refractivity contribution in [2.45, 2.75) is 24.9 Å². The van der Waals surface area contributed by atoms with Crippen molar-refractivity contribution in [3.63, 3.8) is 0 Å². The van der Waals surface area contributed by atoms with E-state index in [2.05, 4.69) is 26.2 Å². The highest BCUT2D eigenvalue weighted by Crippen LogP contribution is 2.52. The van der Waals surface area contributed by atoms with E-state index in [-0.39, 0.29) is 17.9 Å². The number of nitrogens with zero attached hydrogens (tertiary/aromatic N) is 1. The molecule has 4 atom stereocenters. The summed E-state index contributed by atoms with van der Waals surface area (Å²) < 4.78 is 11.5. The van der Waals surface area contributed by atoms with Crippen LogP contribution >= 0.6 is 15.9 Å². The van der Waals surface area contributed by atoms with Gasteiger partial charge in [0.05, 0.1) is 36.2 Å². The third-order valence-corrected chi connectivity index (χ3v) is 9.12. The Balaban J connectivity index is 1.52. The molecular formula is C32H28BrN3O7. The van der Waals surface area contributed by atoms with Gasteiger partial charge in [0.25, 0.3) is 0 Å². The average molecular weight is 646 g/mol. The number of carbonyl (C=O) groups excluding carboxylic acids is 3. The number of carboxylic acid groups (broad SMARTS) is 1. The maximum atomic E-state index is 14.3. The van der Waals surface area contributed by atoms with Crippen molar-refractivity contribution < 1.29 is 33.8 Å². The minimum absolute atomic E-state index is 0.0609. The normalized spacial score (nSPS) is 23.1. The number of carboxylic acids is 1. The van der Waals surface area contributed by atoms with Gasteiger partial charge in [-0.1, -0.05) is 18.2 Å². The van der Waals surface area contributed by atoms with Crippen LogP contribution < -0.4 is 19.7 Å². The van der Waals surface area contributed by atoms with Crippen molar-refractivity contribution in [3.05, 3.63) is 88.0 Å². The minimum Gasteiger partial charge on any atom is -0.493 e. The van der Waals surface area contributed by atoms with Crippen molar-refractivity contribution >= 4 is 56.1 Å². The van der Waals surface area contributed by atoms with Gasteiger partial charge in [-0.2, -0.15) is 0 Å². The summed E-state index contributed by atoms with van der Waals surface area (Å²) in [5.41, 5.74) is 0.944. The molecule has 1 aromatic heterocycles. The Hall–Kier alpha value is -4.48. The zero-order chi connectivity index (χ0) is 30.6. The SMILES string of the molecule is COc1cc(C2NC(Cc3c[nH]c4ccccc34)(C(=O)O)C3C(=O)N(c4ccc(C(C)=O)cc4)C(=O)C23)cc(Br)c1OC. The fourth-order valence-electron chi connectivity index (χ4n) is 6.52. The molecule has 3 aromatic carbocycles. The number of aromatic nitrogens is 1. The number of methoxy groups -OCH3 is 2. The number of rotatable bonds is 8. The number of halogens is 1. The molecule has 3 heterocycles. The number of nitrogens with one attached hydrogen (secondary N) is 2. The second-order valence-corrected chi connectivity index (χ2v) is 11.6. The lowest BCUT2D eigenvalue weighted by atomic mass is 9.76. The molecule has 0 aliphatic carbocycles. The quantitative estimate of drug-likeness (QED) is 0.186. The average Bonchev–Trinajstić information content (AvgIpc) is 3.64. The lowest BCUT2D eigenvalue weighted by Gasteiger charge is -2.31. The molecule has 2 amide bonds. The molecule has 220 valence electrons. The van der Waals surface area contributed by atoms with Gasteiger partial charge < -0.3 is 19.6 Å². The van der Waals surface area contributed by atoms with Gasteiger partial charge in [0, 0.05) is 35.1 Å². The third-order valence-electron chi connectivity index (χ3n) is 8.53. The molecule has 43 heavy (non-hydrogen) atoms. The van der Waals surface area contributed by atoms with Gasteiger partial charge in [0.15, 0.2) is 17.3 Å². The number of para-hydroxylation sites is 1. The number of ether oxygens (including phenoxy) is 2. The number of fused-ring (bicyclic) bond motifs is 2. The molecule has 4 aromatic rings. The Bertz CT molecular complexity index is 1800. The summed E-state index contributed by atoms with van der Waals surface area (Å²) >= 11 is 3.50. The van der Waals surface area contributed by atoms with Crippen LogP contribution in [0.3, 0.4) is 0 Å². The maximum Gasteiger partial charge on any atom is 0.325 e. The molecule has 2 saturated heterocycles. The number of amides is 2. The molecule has 0 saturated carbocycles. The van der Waals surface area contributed by atoms with Crippen molar-refractivity contribution in [1.82, 2.24) is 10.3 Å². The summed E-state index contributed by atoms with van der Waals surface area (Å²) in [7, 11) is 2.98. The van der Waals surface area contributed by atoms with Crippen molar-refractivity contribution in [2.24, 2.45) is 11.8 Å². The second-order valence-electron chi connectivity index (χ2n) is 10.8. The summed E-state index contributed by atoms with van der Waals surface area (Å²) in [5.74, 6) is -4.03. The number of imide groups is 1. The summed E-state index contributed by atoms with van der Waals surface area (Å²) in [4.78, 5) is 57.9. The summed E-state index contributed by atoms with van der Waals surface area (Å²) in [6, 6.07) is 16.2. The molecule has 2 aliphatic heterocycles. The predicted molar refractivity (Wildman–Crippen MR) is 161 cm³/mol. The number of anilines is 1. The lowest BCUT2D eigenvalue weighted by molar-refractivity contribution is -0.148. The van der Waals surface area contributed by atoms with Gasteiger partial charge in [-0.15, -0.1) is 0 Å². The number of Topliss-reactive ketones (excluding diaryl/α,β-unsaturated/α-hetero) is 1. The molecule has 0 spiro atoms. The smallest absolute Gasteiger partial charge is 0.325 e. The molecular weight excluding hydrogens is 618 g/mol. The van der Waals surface area contributed by atoms with E-state index in [1.165, 1.54) is 33.3 Å². The minimum atomic E-state index is -1.83. The first-order valence-electron chi connectivity index (χ1n) is 13.6. The Labute approximate surface area is 255 Å². The predicted octanol–water partition coefficient (Wildman–Crippen LogP) is 4.67. The fraction of sp³-hybridized carbons (Fsp3) is 0.250. The molecule has 3 N–H and O–H groups in total. The molecule has 2 fully saturated rings. The van der Waals surface area contributed by atoms with Crippen LogP contribution in [0.1, 0.15) is 34.5 Å². The second kappa shape index (κ2) is 10.7. The summed E-state index contributed by atoms with van der Waals surface area (Å²) in [5, 5.41) is 15.0. The first-order valence-corrected chi connectivity index (χ1v) is 14.4. The number of hydrogen-bond acceptors (Lipinski definition) is 7. The van der Waals surface area contributed by atoms with E-state index >= 15 is 0 Å². The Morgan fingerprint density at radius 3 is 2.40 bits per heavy atom. The number of benzene rings is 3. The van der Waals surface area contributed by atoms with Gasteiger partial charge in [0.2, 0.25) is 11.8 Å². The zero-order valence-corrected chi connectivity index (χ0v) is 25.1. The molecule has 6 rings (SSSR count). The van der Waals surface area contributed by atoms with E-state index < -0.39 is 41.2 Å². The van der Waals surface area contributed by atoms with E-state index in [0.717, 1.165) is 15.8 Å². The monoisotopic (exact) mass is 645 g/mol. The van der Waals surface area contributed by atoms with Crippen LogP contribution in [0, 0.1) is 11.8 Å². The van der Waals surface area contributed by atoms with Crippen LogP contribution in [0.4, 0.5) is 5.69 Å². The third kappa shape index (κ3) is 4.42. The van der Waals surface area contributed by atoms with Crippen LogP contribution in [-0.4, -0.2) is 53.4 Å². The van der Waals surface area contributed by atoms with E-state index in [4.69, 9.17) is 9.47 Å². The number of H-pyrrole nitrogens is 1. The summed E-state index contributed by atoms with van der Waals surface area (Å²) in [6.45, 7) is 1.43. The maximum absolute atomic E-state index is 14.3. The lowest BCUT2D eigenvalue weighted by Crippen LogP contribution is -2.57. The molecule has 4 unspecified atom stereocenters. The molecule has 0 radical (unpaired) electrons. The van der Waals surface area contributed by atoms with Crippen LogP contribution in [0.25, 0.3) is 10.9 Å². The van der Waals surface area contributed by atoms with Crippen molar-refractivity contribution in [2.75, 3.05) is 19.1 Å². The van der Waals surface area contributed by atoms with Crippen molar-refractivity contribution in [3.8, 4) is 11.5 Å². The molecule has 0 bridgehead atoms. The van der Waals surface area contributed by atoms with E-state index in [1.807, 2.05) is 24.3 Å². The topological polar surface area (TPSA) is 138 Å². The number of aromatic amines is 1. The highest BCUT2D eigenvalue weighted by atomic mass is 79.9. The first-order chi connectivity index (χ1) is 20.6. The Morgan fingerprint density at radius 1 is 1.02 bits per heavy atom. The van der Waals surface area contributed by atoms with E-state index in [1.54, 1.807) is 30.5 Å². The Morgan fingerprint density at radius 2 is 1.74 bits per heavy atom. The summed E-state index contributed by atoms with van der Waals surface area (Å²) in [6.07, 6.45) is 1.68. The zero-order valence-electron chi connectivity index (χ0n) is 23.5. The van der Waals surface area contributed by atoms with Gasteiger partial charge in [-0.25, -0.2) is 4.90 Å². The first kappa shape index (κ1) is 28.6. The Kier molecular flexibility index (Phi) is 7.10. The van der Waals surface area contributed by atoms with Crippen molar-refractivity contribution in [1.29, 1.82) is 0 Å². The van der Waals surface area contributed by atoms with Gasteiger partial charge in [-0.3, -0.25) is 24.5 Å². The number of hydrogen-bond donors (Lipinski definition) is 3. The number of aliphatic carboxylic acids is 1. The van der Waals surface area contributed by atoms with E-state index in [9.17, 15) is 24.3 Å². The standard InChI is InChI=1S/C32H28BrN3O7/c1-16(37)17-8-10-20(11-9-17)36-29(38)25-26(30(36)39)32(31(40)41,14-19-15-34-23-7-5-4-6-21(19)23)35-27(25)18-12-22(33)28(43-3)24(13-18)42-2/h4-13,15,25-27,34-35H,14H2,1-3H3,(H,40,41). The molecule has 2 aliphatic rings. The highest BCUT2D eigenvalue weighted by molar-refractivity contribution is 9.10. The van der Waals surface area contributed by atoms with Crippen LogP contribution in [0.15, 0.2) is 71.3 Å². The molecule has 10 nitrogen and oxygen atoms in total. The van der Waals surface area contributed by atoms with Crippen LogP contribution in [-0.2, 0) is 20.8 Å². The molecule has 11 heteroatoms. The van der Waals surface area contributed by atoms with E-state index in [0.29, 0.717) is 32.7 Å². The van der Waals surface area contributed by atoms with Crippen LogP contribution in [0.5, 0.6) is 11.5 Å². The van der Waals surface area contributed by atoms with Gasteiger partial charge in [0.1, 0.15) is 5.54 Å². The fourth-order valence-corrected chi connectivity index (χ4v) is 7.14. The largest absolute Gasteiger partial charge is 0.493 e. The van der Waals surface area contributed by atoms with Gasteiger partial charge >= 0.3 is 5.97 Å². The number of ketones is 1.